The molecule has 0 aromatic carbocycles. The minimum absolute atomic E-state index is 0.316. The second-order valence-corrected chi connectivity index (χ2v) is 5.30. The lowest BCUT2D eigenvalue weighted by atomic mass is 10.2. The fraction of sp³-hybridized carbons (Fsp3) is 0.375. The van der Waals surface area contributed by atoms with Crippen molar-refractivity contribution in [2.24, 2.45) is 0 Å². The van der Waals surface area contributed by atoms with E-state index in [0.717, 1.165) is 18.8 Å². The molecule has 1 aliphatic rings. The molecule has 1 fully saturated rings. The van der Waals surface area contributed by atoms with Crippen LogP contribution in [-0.4, -0.2) is 41.1 Å². The predicted octanol–water partition coefficient (Wildman–Crippen LogP) is 1.77. The summed E-state index contributed by atoms with van der Waals surface area (Å²) < 4.78 is 14.3. The molecule has 0 aliphatic carbocycles. The third-order valence-corrected chi connectivity index (χ3v) is 3.98. The molecule has 7 heteroatoms. The van der Waals surface area contributed by atoms with Crippen LogP contribution in [0.5, 0.6) is 0 Å². The second-order valence-electron chi connectivity index (χ2n) is 5.30. The molecule has 0 amide bonds. The fourth-order valence-electron chi connectivity index (χ4n) is 2.68. The Bertz CT molecular complexity index is 716. The number of pyridine rings is 1. The van der Waals surface area contributed by atoms with Crippen LogP contribution in [0.3, 0.4) is 0 Å². The standard InChI is InChI=1S/C16H17FN6/c1-2-14-15(17)16(21-11-20-14)23-7-5-22(6-8-23)13-4-3-12(9-18)19-10-13/h3-4,10-11H,2,5-8H2,1H3. The first kappa shape index (κ1) is 15.2. The van der Waals surface area contributed by atoms with Crippen LogP contribution in [0, 0.1) is 17.1 Å². The zero-order chi connectivity index (χ0) is 16.2. The Hall–Kier alpha value is -2.75. The van der Waals surface area contributed by atoms with Crippen molar-refractivity contribution in [2.75, 3.05) is 36.0 Å². The van der Waals surface area contributed by atoms with Gasteiger partial charge in [-0.05, 0) is 18.6 Å². The van der Waals surface area contributed by atoms with Gasteiger partial charge in [-0.25, -0.2) is 19.3 Å². The molecule has 2 aromatic heterocycles. The first-order valence-corrected chi connectivity index (χ1v) is 7.58. The number of aryl methyl sites for hydroxylation is 1. The molecule has 3 heterocycles. The lowest BCUT2D eigenvalue weighted by Crippen LogP contribution is -2.47. The van der Waals surface area contributed by atoms with Crippen LogP contribution in [0.15, 0.2) is 24.7 Å². The van der Waals surface area contributed by atoms with E-state index in [4.69, 9.17) is 5.26 Å². The first-order valence-electron chi connectivity index (χ1n) is 7.58. The van der Waals surface area contributed by atoms with Crippen molar-refractivity contribution < 1.29 is 4.39 Å². The van der Waals surface area contributed by atoms with Gasteiger partial charge in [0.25, 0.3) is 0 Å². The molecule has 118 valence electrons. The Kier molecular flexibility index (Phi) is 4.33. The predicted molar refractivity (Wildman–Crippen MR) is 84.7 cm³/mol. The summed E-state index contributed by atoms with van der Waals surface area (Å²) in [5.74, 6) is 0.0675. The molecule has 1 aliphatic heterocycles. The van der Waals surface area contributed by atoms with Crippen LogP contribution in [0.1, 0.15) is 18.3 Å². The summed E-state index contributed by atoms with van der Waals surface area (Å²) >= 11 is 0. The highest BCUT2D eigenvalue weighted by atomic mass is 19.1. The summed E-state index contributed by atoms with van der Waals surface area (Å²) in [6.07, 6.45) is 3.68. The zero-order valence-electron chi connectivity index (χ0n) is 12.9. The molecular weight excluding hydrogens is 295 g/mol. The number of rotatable bonds is 3. The van der Waals surface area contributed by atoms with Gasteiger partial charge in [0.15, 0.2) is 11.6 Å². The average molecular weight is 312 g/mol. The summed E-state index contributed by atoms with van der Waals surface area (Å²) in [5.41, 5.74) is 1.83. The van der Waals surface area contributed by atoms with Crippen LogP contribution < -0.4 is 9.80 Å². The van der Waals surface area contributed by atoms with Gasteiger partial charge in [-0.3, -0.25) is 0 Å². The van der Waals surface area contributed by atoms with Gasteiger partial charge in [-0.1, -0.05) is 6.92 Å². The van der Waals surface area contributed by atoms with Gasteiger partial charge in [0.2, 0.25) is 0 Å². The van der Waals surface area contributed by atoms with E-state index in [2.05, 4.69) is 19.9 Å². The number of anilines is 2. The molecule has 23 heavy (non-hydrogen) atoms. The molecule has 6 nitrogen and oxygen atoms in total. The quantitative estimate of drug-likeness (QED) is 0.860. The Balaban J connectivity index is 1.70. The lowest BCUT2D eigenvalue weighted by molar-refractivity contribution is 0.569. The van der Waals surface area contributed by atoms with E-state index < -0.39 is 0 Å². The smallest absolute Gasteiger partial charge is 0.187 e. The molecule has 0 unspecified atom stereocenters. The van der Waals surface area contributed by atoms with Crippen molar-refractivity contribution >= 4 is 11.5 Å². The Morgan fingerprint density at radius 3 is 2.48 bits per heavy atom. The third-order valence-electron chi connectivity index (χ3n) is 3.98. The van der Waals surface area contributed by atoms with Crippen LogP contribution in [0.2, 0.25) is 0 Å². The molecule has 2 aromatic rings. The molecular formula is C16H17FN6. The topological polar surface area (TPSA) is 68.9 Å². The molecule has 0 bridgehead atoms. The van der Waals surface area contributed by atoms with Crippen molar-refractivity contribution in [3.8, 4) is 6.07 Å². The highest BCUT2D eigenvalue weighted by Gasteiger charge is 2.22. The first-order chi connectivity index (χ1) is 11.2. The Morgan fingerprint density at radius 2 is 1.87 bits per heavy atom. The van der Waals surface area contributed by atoms with Gasteiger partial charge in [0.1, 0.15) is 18.1 Å². The minimum atomic E-state index is -0.316. The van der Waals surface area contributed by atoms with Crippen LogP contribution >= 0.6 is 0 Å². The van der Waals surface area contributed by atoms with Crippen molar-refractivity contribution in [3.63, 3.8) is 0 Å². The second kappa shape index (κ2) is 6.57. The fourth-order valence-corrected chi connectivity index (χ4v) is 2.68. The number of aromatic nitrogens is 3. The Labute approximate surface area is 134 Å². The third kappa shape index (κ3) is 3.06. The van der Waals surface area contributed by atoms with Crippen molar-refractivity contribution in [3.05, 3.63) is 41.9 Å². The van der Waals surface area contributed by atoms with Crippen LogP contribution in [0.4, 0.5) is 15.9 Å². The summed E-state index contributed by atoms with van der Waals surface area (Å²) in [4.78, 5) is 16.3. The molecule has 0 saturated carbocycles. The molecule has 1 saturated heterocycles. The van der Waals surface area contributed by atoms with E-state index in [1.54, 1.807) is 12.3 Å². The van der Waals surface area contributed by atoms with E-state index in [9.17, 15) is 4.39 Å². The summed E-state index contributed by atoms with van der Waals surface area (Å²) in [5, 5.41) is 8.79. The van der Waals surface area contributed by atoms with Gasteiger partial charge >= 0.3 is 0 Å². The van der Waals surface area contributed by atoms with Gasteiger partial charge < -0.3 is 9.80 Å². The molecule has 0 radical (unpaired) electrons. The Morgan fingerprint density at radius 1 is 1.13 bits per heavy atom. The van der Waals surface area contributed by atoms with Gasteiger partial charge in [-0.2, -0.15) is 5.26 Å². The van der Waals surface area contributed by atoms with E-state index in [-0.39, 0.29) is 5.82 Å². The van der Waals surface area contributed by atoms with Crippen molar-refractivity contribution in [1.82, 2.24) is 15.0 Å². The van der Waals surface area contributed by atoms with Crippen molar-refractivity contribution in [1.29, 1.82) is 5.26 Å². The highest BCUT2D eigenvalue weighted by Crippen LogP contribution is 2.22. The number of hydrogen-bond acceptors (Lipinski definition) is 6. The highest BCUT2D eigenvalue weighted by molar-refractivity contribution is 5.49. The number of piperazine rings is 1. The lowest BCUT2D eigenvalue weighted by Gasteiger charge is -2.36. The maximum Gasteiger partial charge on any atom is 0.187 e. The number of nitrogens with zero attached hydrogens (tertiary/aromatic N) is 6. The van der Waals surface area contributed by atoms with Gasteiger partial charge in [0.05, 0.1) is 17.6 Å². The maximum absolute atomic E-state index is 14.3. The molecule has 0 atom stereocenters. The zero-order valence-corrected chi connectivity index (χ0v) is 12.9. The molecule has 0 N–H and O–H groups in total. The van der Waals surface area contributed by atoms with Gasteiger partial charge in [-0.15, -0.1) is 0 Å². The van der Waals surface area contributed by atoms with Crippen molar-refractivity contribution in [2.45, 2.75) is 13.3 Å². The van der Waals surface area contributed by atoms with E-state index >= 15 is 0 Å². The minimum Gasteiger partial charge on any atom is -0.367 e. The van der Waals surface area contributed by atoms with E-state index in [1.165, 1.54) is 6.33 Å². The van der Waals surface area contributed by atoms with E-state index in [0.29, 0.717) is 36.7 Å². The maximum atomic E-state index is 14.3. The van der Waals surface area contributed by atoms with E-state index in [1.807, 2.05) is 24.0 Å². The number of hydrogen-bond donors (Lipinski definition) is 0. The molecule has 3 rings (SSSR count). The number of halogens is 1. The summed E-state index contributed by atoms with van der Waals surface area (Å²) in [7, 11) is 0. The summed E-state index contributed by atoms with van der Waals surface area (Å²) in [6, 6.07) is 5.61. The monoisotopic (exact) mass is 312 g/mol. The molecule has 0 spiro atoms. The number of nitriles is 1. The van der Waals surface area contributed by atoms with Gasteiger partial charge in [0, 0.05) is 26.2 Å². The normalized spacial score (nSPS) is 14.7. The van der Waals surface area contributed by atoms with Crippen LogP contribution in [0.25, 0.3) is 0 Å². The van der Waals surface area contributed by atoms with Crippen LogP contribution in [-0.2, 0) is 6.42 Å². The average Bonchev–Trinajstić information content (AvgIpc) is 2.62. The largest absolute Gasteiger partial charge is 0.367 e. The SMILES string of the molecule is CCc1ncnc(N2CCN(c3ccc(C#N)nc3)CC2)c1F. The summed E-state index contributed by atoms with van der Waals surface area (Å²) in [6.45, 7) is 4.73.